The van der Waals surface area contributed by atoms with Crippen molar-refractivity contribution in [3.05, 3.63) is 35.4 Å². The highest BCUT2D eigenvalue weighted by molar-refractivity contribution is 6.21. The molecule has 0 bridgehead atoms. The minimum atomic E-state index is -0.818. The van der Waals surface area contributed by atoms with Crippen LogP contribution >= 0.6 is 11.6 Å². The largest absolute Gasteiger partial charge is 0.204 e. The smallest absolute Gasteiger partial charge is 0.159 e. The van der Waals surface area contributed by atoms with Crippen LogP contribution in [0.3, 0.4) is 0 Å². The first-order valence-electron chi connectivity index (χ1n) is 5.02. The summed E-state index contributed by atoms with van der Waals surface area (Å²) >= 11 is 6.18. The Morgan fingerprint density at radius 2 is 1.67 bits per heavy atom. The summed E-state index contributed by atoms with van der Waals surface area (Å²) in [6.07, 6.45) is 0. The molecule has 2 unspecified atom stereocenters. The van der Waals surface area contributed by atoms with Crippen LogP contribution in [0.5, 0.6) is 0 Å². The highest BCUT2D eigenvalue weighted by Crippen LogP contribution is 2.29. The Balaban J connectivity index is 2.91. The number of rotatable bonds is 3. The van der Waals surface area contributed by atoms with E-state index in [2.05, 4.69) is 0 Å². The standard InChI is InChI=1S/C12H15ClF2/c1-7(2)12(13)8(3)9-4-5-10(14)11(15)6-9/h4-8,12H,1-3H3. The second kappa shape index (κ2) is 4.93. The van der Waals surface area contributed by atoms with Crippen LogP contribution in [0.15, 0.2) is 18.2 Å². The summed E-state index contributed by atoms with van der Waals surface area (Å²) in [6.45, 7) is 5.94. The summed E-state index contributed by atoms with van der Waals surface area (Å²) in [5.41, 5.74) is 0.739. The Hall–Kier alpha value is -0.630. The maximum atomic E-state index is 13.0. The molecule has 3 heteroatoms. The van der Waals surface area contributed by atoms with Gasteiger partial charge in [0.05, 0.1) is 0 Å². The summed E-state index contributed by atoms with van der Waals surface area (Å²) in [7, 11) is 0. The molecule has 0 aliphatic rings. The van der Waals surface area contributed by atoms with E-state index in [0.717, 1.165) is 11.6 Å². The molecule has 0 aliphatic carbocycles. The topological polar surface area (TPSA) is 0 Å². The first-order chi connectivity index (χ1) is 6.93. The predicted octanol–water partition coefficient (Wildman–Crippen LogP) is 4.33. The van der Waals surface area contributed by atoms with Gasteiger partial charge in [-0.1, -0.05) is 26.8 Å². The lowest BCUT2D eigenvalue weighted by Gasteiger charge is -2.21. The molecule has 0 aromatic heterocycles. The molecule has 84 valence electrons. The van der Waals surface area contributed by atoms with Gasteiger partial charge in [0.15, 0.2) is 11.6 Å². The molecule has 1 rings (SSSR count). The zero-order valence-electron chi connectivity index (χ0n) is 9.10. The normalized spacial score (nSPS) is 15.4. The van der Waals surface area contributed by atoms with E-state index in [9.17, 15) is 8.78 Å². The maximum absolute atomic E-state index is 13.0. The van der Waals surface area contributed by atoms with E-state index in [-0.39, 0.29) is 11.3 Å². The Morgan fingerprint density at radius 3 is 2.13 bits per heavy atom. The molecule has 2 atom stereocenters. The van der Waals surface area contributed by atoms with E-state index in [1.807, 2.05) is 20.8 Å². The van der Waals surface area contributed by atoms with E-state index in [1.54, 1.807) is 6.07 Å². The van der Waals surface area contributed by atoms with Gasteiger partial charge in [-0.25, -0.2) is 8.78 Å². The highest BCUT2D eigenvalue weighted by atomic mass is 35.5. The molecule has 0 N–H and O–H groups in total. The first-order valence-corrected chi connectivity index (χ1v) is 5.46. The van der Waals surface area contributed by atoms with Gasteiger partial charge in [-0.3, -0.25) is 0 Å². The first kappa shape index (κ1) is 12.4. The van der Waals surface area contributed by atoms with Crippen LogP contribution in [0.25, 0.3) is 0 Å². The van der Waals surface area contributed by atoms with E-state index in [4.69, 9.17) is 11.6 Å². The van der Waals surface area contributed by atoms with Crippen LogP contribution in [-0.4, -0.2) is 5.38 Å². The Labute approximate surface area is 94.3 Å². The molecule has 1 aromatic carbocycles. The van der Waals surface area contributed by atoms with Crippen LogP contribution in [0.2, 0.25) is 0 Å². The third kappa shape index (κ3) is 2.91. The molecule has 0 saturated heterocycles. The Morgan fingerprint density at radius 1 is 1.07 bits per heavy atom. The second-order valence-corrected chi connectivity index (χ2v) is 4.65. The lowest BCUT2D eigenvalue weighted by molar-refractivity contribution is 0.498. The van der Waals surface area contributed by atoms with Crippen LogP contribution in [0.1, 0.15) is 32.3 Å². The summed E-state index contributed by atoms with van der Waals surface area (Å²) in [5.74, 6) is -1.31. The lowest BCUT2D eigenvalue weighted by atomic mass is 9.91. The Kier molecular flexibility index (Phi) is 4.09. The minimum absolute atomic E-state index is 0.0155. The number of alkyl halides is 1. The zero-order valence-corrected chi connectivity index (χ0v) is 9.85. The molecule has 1 aromatic rings. The van der Waals surface area contributed by atoms with Gasteiger partial charge in [-0.05, 0) is 29.5 Å². The second-order valence-electron chi connectivity index (χ2n) is 4.15. The van der Waals surface area contributed by atoms with Crippen molar-refractivity contribution in [2.75, 3.05) is 0 Å². The molecular weight excluding hydrogens is 218 g/mol. The van der Waals surface area contributed by atoms with Crippen LogP contribution < -0.4 is 0 Å². The van der Waals surface area contributed by atoms with Gasteiger partial charge in [-0.15, -0.1) is 11.6 Å². The average molecular weight is 233 g/mol. The number of hydrogen-bond acceptors (Lipinski definition) is 0. The number of benzene rings is 1. The summed E-state index contributed by atoms with van der Waals surface area (Å²) in [6, 6.07) is 3.95. The summed E-state index contributed by atoms with van der Waals surface area (Å²) < 4.78 is 25.7. The van der Waals surface area contributed by atoms with Crippen molar-refractivity contribution in [1.82, 2.24) is 0 Å². The minimum Gasteiger partial charge on any atom is -0.204 e. The van der Waals surface area contributed by atoms with Gasteiger partial charge in [0, 0.05) is 5.38 Å². The number of hydrogen-bond donors (Lipinski definition) is 0. The van der Waals surface area contributed by atoms with Gasteiger partial charge in [0.1, 0.15) is 0 Å². The summed E-state index contributed by atoms with van der Waals surface area (Å²) in [4.78, 5) is 0. The van der Waals surface area contributed by atoms with E-state index in [0.29, 0.717) is 5.92 Å². The van der Waals surface area contributed by atoms with E-state index < -0.39 is 11.6 Å². The molecule has 0 saturated carbocycles. The predicted molar refractivity (Wildman–Crippen MR) is 59.3 cm³/mol. The zero-order chi connectivity index (χ0) is 11.6. The van der Waals surface area contributed by atoms with Crippen LogP contribution in [-0.2, 0) is 0 Å². The van der Waals surface area contributed by atoms with Crippen molar-refractivity contribution in [2.24, 2.45) is 5.92 Å². The van der Waals surface area contributed by atoms with Crippen molar-refractivity contribution in [3.63, 3.8) is 0 Å². The summed E-state index contributed by atoms with van der Waals surface area (Å²) in [5, 5.41) is -0.0742. The molecule has 0 heterocycles. The van der Waals surface area contributed by atoms with Gasteiger partial charge in [-0.2, -0.15) is 0 Å². The highest BCUT2D eigenvalue weighted by Gasteiger charge is 2.20. The molecule has 0 fully saturated rings. The maximum Gasteiger partial charge on any atom is 0.159 e. The molecule has 0 nitrogen and oxygen atoms in total. The van der Waals surface area contributed by atoms with Crippen molar-refractivity contribution < 1.29 is 8.78 Å². The van der Waals surface area contributed by atoms with Gasteiger partial charge in [0.2, 0.25) is 0 Å². The monoisotopic (exact) mass is 232 g/mol. The fourth-order valence-electron chi connectivity index (χ4n) is 1.56. The fourth-order valence-corrected chi connectivity index (χ4v) is 1.70. The molecule has 0 aliphatic heterocycles. The number of halogens is 3. The van der Waals surface area contributed by atoms with Crippen LogP contribution in [0.4, 0.5) is 8.78 Å². The van der Waals surface area contributed by atoms with Crippen molar-refractivity contribution in [3.8, 4) is 0 Å². The molecular formula is C12H15ClF2. The van der Waals surface area contributed by atoms with Crippen molar-refractivity contribution in [2.45, 2.75) is 32.1 Å². The van der Waals surface area contributed by atoms with Crippen molar-refractivity contribution in [1.29, 1.82) is 0 Å². The van der Waals surface area contributed by atoms with Gasteiger partial charge in [0.25, 0.3) is 0 Å². The SMILES string of the molecule is CC(C)C(Cl)C(C)c1ccc(F)c(F)c1. The van der Waals surface area contributed by atoms with Crippen LogP contribution in [0, 0.1) is 17.6 Å². The molecule has 0 amide bonds. The quantitative estimate of drug-likeness (QED) is 0.681. The van der Waals surface area contributed by atoms with Gasteiger partial charge >= 0.3 is 0 Å². The van der Waals surface area contributed by atoms with Crippen molar-refractivity contribution >= 4 is 11.6 Å². The lowest BCUT2D eigenvalue weighted by Crippen LogP contribution is -2.16. The van der Waals surface area contributed by atoms with Gasteiger partial charge < -0.3 is 0 Å². The third-order valence-corrected chi connectivity index (χ3v) is 3.47. The van der Waals surface area contributed by atoms with E-state index in [1.165, 1.54) is 6.07 Å². The Bertz CT molecular complexity index is 336. The molecule has 0 spiro atoms. The fraction of sp³-hybridized carbons (Fsp3) is 0.500. The average Bonchev–Trinajstić information content (AvgIpc) is 2.19. The third-order valence-electron chi connectivity index (χ3n) is 2.58. The molecule has 15 heavy (non-hydrogen) atoms. The van der Waals surface area contributed by atoms with E-state index >= 15 is 0 Å². The molecule has 0 radical (unpaired) electrons.